The molecular formula is C11H11N5S3. The van der Waals surface area contributed by atoms with Gasteiger partial charge in [-0.2, -0.15) is 5.26 Å². The van der Waals surface area contributed by atoms with Gasteiger partial charge in [0, 0.05) is 17.3 Å². The molecule has 0 aromatic carbocycles. The fourth-order valence-corrected chi connectivity index (χ4v) is 3.58. The zero-order valence-corrected chi connectivity index (χ0v) is 12.8. The number of thioether (sulfide) groups is 1. The van der Waals surface area contributed by atoms with Crippen molar-refractivity contribution in [1.82, 2.24) is 15.2 Å². The van der Waals surface area contributed by atoms with Crippen molar-refractivity contribution in [2.75, 3.05) is 11.1 Å². The average molecular weight is 309 g/mol. The summed E-state index contributed by atoms with van der Waals surface area (Å²) in [5, 5.41) is 23.5. The Balaban J connectivity index is 2.09. The third kappa shape index (κ3) is 3.76. The number of aryl methyl sites for hydroxylation is 1. The van der Waals surface area contributed by atoms with Crippen LogP contribution in [-0.4, -0.2) is 20.9 Å². The first kappa shape index (κ1) is 14.0. The summed E-state index contributed by atoms with van der Waals surface area (Å²) in [6.45, 7) is 3.97. The van der Waals surface area contributed by atoms with Crippen molar-refractivity contribution in [3.8, 4) is 6.07 Å². The van der Waals surface area contributed by atoms with Crippen molar-refractivity contribution < 1.29 is 0 Å². The summed E-state index contributed by atoms with van der Waals surface area (Å²) < 4.78 is 0.919. The molecule has 2 heterocycles. The Morgan fingerprint density at radius 1 is 1.58 bits per heavy atom. The van der Waals surface area contributed by atoms with E-state index in [1.807, 2.05) is 12.3 Å². The third-order valence-corrected chi connectivity index (χ3v) is 4.85. The first-order valence-electron chi connectivity index (χ1n) is 5.48. The van der Waals surface area contributed by atoms with Crippen LogP contribution in [0.2, 0.25) is 0 Å². The largest absolute Gasteiger partial charge is 0.335 e. The van der Waals surface area contributed by atoms with Crippen molar-refractivity contribution in [2.45, 2.75) is 18.2 Å². The Hall–Kier alpha value is -1.43. The zero-order chi connectivity index (χ0) is 13.7. The minimum Gasteiger partial charge on any atom is -0.335 e. The van der Waals surface area contributed by atoms with E-state index in [-0.39, 0.29) is 0 Å². The molecule has 98 valence electrons. The Bertz CT molecular complexity index is 622. The maximum Gasteiger partial charge on any atom is 0.210 e. The van der Waals surface area contributed by atoms with E-state index < -0.39 is 0 Å². The van der Waals surface area contributed by atoms with Crippen LogP contribution in [0, 0.1) is 18.3 Å². The first-order valence-corrected chi connectivity index (χ1v) is 8.16. The summed E-state index contributed by atoms with van der Waals surface area (Å²) in [5.74, 6) is 0.965. The lowest BCUT2D eigenvalue weighted by Crippen LogP contribution is -1.90. The van der Waals surface area contributed by atoms with Gasteiger partial charge in [0.15, 0.2) is 4.34 Å². The second-order valence-electron chi connectivity index (χ2n) is 3.41. The van der Waals surface area contributed by atoms with E-state index in [2.05, 4.69) is 33.5 Å². The molecule has 0 atom stereocenters. The van der Waals surface area contributed by atoms with E-state index in [9.17, 15) is 0 Å². The van der Waals surface area contributed by atoms with E-state index in [1.54, 1.807) is 18.0 Å². The number of hydrogen-bond donors (Lipinski definition) is 1. The van der Waals surface area contributed by atoms with Gasteiger partial charge in [-0.05, 0) is 12.7 Å². The molecule has 0 aliphatic carbocycles. The van der Waals surface area contributed by atoms with Gasteiger partial charge in [0.1, 0.15) is 16.6 Å². The molecule has 0 saturated heterocycles. The maximum absolute atomic E-state index is 9.13. The van der Waals surface area contributed by atoms with E-state index in [0.29, 0.717) is 15.7 Å². The molecule has 5 nitrogen and oxygen atoms in total. The van der Waals surface area contributed by atoms with Crippen molar-refractivity contribution in [3.05, 3.63) is 22.3 Å². The Kier molecular flexibility index (Phi) is 4.90. The molecule has 1 N–H and O–H groups in total. The third-order valence-electron chi connectivity index (χ3n) is 1.98. The number of rotatable bonds is 5. The lowest BCUT2D eigenvalue weighted by Gasteiger charge is -1.94. The molecule has 2 aromatic rings. The number of anilines is 1. The Morgan fingerprint density at radius 2 is 2.42 bits per heavy atom. The number of allylic oxidation sites excluding steroid dienone is 1. The van der Waals surface area contributed by atoms with Crippen LogP contribution in [-0.2, 0) is 0 Å². The molecule has 0 fully saturated rings. The number of aromatic nitrogens is 3. The van der Waals surface area contributed by atoms with Crippen molar-refractivity contribution in [3.63, 3.8) is 0 Å². The van der Waals surface area contributed by atoms with Gasteiger partial charge in [-0.3, -0.25) is 0 Å². The molecule has 0 radical (unpaired) electrons. The summed E-state index contributed by atoms with van der Waals surface area (Å²) in [7, 11) is 0. The molecule has 8 heteroatoms. The normalized spacial score (nSPS) is 11.3. The quantitative estimate of drug-likeness (QED) is 0.674. The number of nitrogens with one attached hydrogen (secondary N) is 1. The van der Waals surface area contributed by atoms with Gasteiger partial charge in [-0.1, -0.05) is 30.0 Å². The lowest BCUT2D eigenvalue weighted by molar-refractivity contribution is 1.01. The van der Waals surface area contributed by atoms with Gasteiger partial charge in [-0.15, -0.1) is 21.5 Å². The van der Waals surface area contributed by atoms with Crippen molar-refractivity contribution in [2.24, 2.45) is 0 Å². The smallest absolute Gasteiger partial charge is 0.210 e. The summed E-state index contributed by atoms with van der Waals surface area (Å²) in [4.78, 5) is 4.28. The molecule has 19 heavy (non-hydrogen) atoms. The van der Waals surface area contributed by atoms with Crippen molar-refractivity contribution >= 4 is 45.1 Å². The minimum absolute atomic E-state index is 0.498. The molecule has 0 unspecified atom stereocenters. The molecule has 0 amide bonds. The van der Waals surface area contributed by atoms with Gasteiger partial charge in [-0.25, -0.2) is 4.98 Å². The molecule has 0 bridgehead atoms. The molecular weight excluding hydrogens is 298 g/mol. The van der Waals surface area contributed by atoms with Crippen LogP contribution in [0.25, 0.3) is 5.57 Å². The summed E-state index contributed by atoms with van der Waals surface area (Å²) in [6, 6.07) is 2.13. The lowest BCUT2D eigenvalue weighted by atomic mass is 10.3. The van der Waals surface area contributed by atoms with Gasteiger partial charge in [0.05, 0.1) is 0 Å². The van der Waals surface area contributed by atoms with Crippen LogP contribution in [0.15, 0.2) is 15.9 Å². The van der Waals surface area contributed by atoms with E-state index in [0.717, 1.165) is 15.8 Å². The molecule has 0 saturated carbocycles. The number of nitriles is 1. The number of nitrogens with zero attached hydrogens (tertiary/aromatic N) is 4. The van der Waals surface area contributed by atoms with Crippen LogP contribution in [0.5, 0.6) is 0 Å². The summed E-state index contributed by atoms with van der Waals surface area (Å²) in [5.41, 5.74) is 1.41. The monoisotopic (exact) mass is 309 g/mol. The second kappa shape index (κ2) is 6.65. The predicted molar refractivity (Wildman–Crippen MR) is 80.4 cm³/mol. The molecule has 2 rings (SSSR count). The van der Waals surface area contributed by atoms with Crippen LogP contribution >= 0.6 is 34.4 Å². The summed E-state index contributed by atoms with van der Waals surface area (Å²) >= 11 is 4.57. The number of hydrogen-bond acceptors (Lipinski definition) is 8. The second-order valence-corrected chi connectivity index (χ2v) is 6.76. The Morgan fingerprint density at radius 3 is 3.05 bits per heavy atom. The highest BCUT2D eigenvalue weighted by Gasteiger charge is 2.06. The number of thiazole rings is 1. The van der Waals surface area contributed by atoms with Crippen molar-refractivity contribution in [1.29, 1.82) is 5.26 Å². The highest BCUT2D eigenvalue weighted by molar-refractivity contribution is 8.01. The molecule has 2 aromatic heterocycles. The predicted octanol–water partition coefficient (Wildman–Crippen LogP) is 3.39. The fraction of sp³-hybridized carbons (Fsp3) is 0.273. The van der Waals surface area contributed by atoms with Gasteiger partial charge < -0.3 is 5.32 Å². The van der Waals surface area contributed by atoms with Gasteiger partial charge in [0.2, 0.25) is 5.13 Å². The zero-order valence-electron chi connectivity index (χ0n) is 10.4. The van der Waals surface area contributed by atoms with Crippen LogP contribution in [0.4, 0.5) is 5.13 Å². The van der Waals surface area contributed by atoms with Crippen LogP contribution in [0.1, 0.15) is 17.6 Å². The van der Waals surface area contributed by atoms with E-state index in [4.69, 9.17) is 5.26 Å². The highest BCUT2D eigenvalue weighted by Crippen LogP contribution is 2.25. The average Bonchev–Trinajstić information content (AvgIpc) is 3.01. The van der Waals surface area contributed by atoms with Gasteiger partial charge >= 0.3 is 0 Å². The van der Waals surface area contributed by atoms with E-state index >= 15 is 0 Å². The molecule has 0 aliphatic heterocycles. The molecule has 0 spiro atoms. The maximum atomic E-state index is 9.13. The van der Waals surface area contributed by atoms with Gasteiger partial charge in [0.25, 0.3) is 0 Å². The van der Waals surface area contributed by atoms with E-state index in [1.165, 1.54) is 22.7 Å². The topological polar surface area (TPSA) is 74.5 Å². The highest BCUT2D eigenvalue weighted by atomic mass is 32.2. The van der Waals surface area contributed by atoms with Crippen LogP contribution < -0.4 is 5.32 Å². The first-order chi connectivity index (χ1) is 9.22. The molecule has 0 aliphatic rings. The standard InChI is InChI=1S/C11H11N5S3/c1-3-17-11-16-15-10(19-11)13-5-8(4-12)9-14-7(2)6-18-9/h5-6H,3H2,1-2H3,(H,13,15)/b8-5+. The van der Waals surface area contributed by atoms with Crippen LogP contribution in [0.3, 0.4) is 0 Å². The Labute approximate surface area is 123 Å². The summed E-state index contributed by atoms with van der Waals surface area (Å²) in [6.07, 6.45) is 1.62. The minimum atomic E-state index is 0.498. The SMILES string of the molecule is CCSc1nnc(N/C=C(\C#N)c2nc(C)cs2)s1. The fourth-order valence-electron chi connectivity index (χ4n) is 1.20.